The second-order valence-corrected chi connectivity index (χ2v) is 7.18. The number of rotatable bonds is 4. The minimum absolute atomic E-state index is 0.268. The molecule has 0 radical (unpaired) electrons. The average molecular weight is 332 g/mol. The lowest BCUT2D eigenvalue weighted by Crippen LogP contribution is -2.21. The zero-order valence-corrected chi connectivity index (χ0v) is 15.4. The Hall–Kier alpha value is -2.04. The molecule has 4 heteroatoms. The van der Waals surface area contributed by atoms with Gasteiger partial charge in [-0.05, 0) is 65.8 Å². The zero-order valence-electron chi connectivity index (χ0n) is 15.4. The van der Waals surface area contributed by atoms with Gasteiger partial charge >= 0.3 is 0 Å². The Kier molecular flexibility index (Phi) is 7.75. The molecule has 0 fully saturated rings. The van der Waals surface area contributed by atoms with Crippen molar-refractivity contribution in [3.8, 4) is 11.5 Å². The fourth-order valence-corrected chi connectivity index (χ4v) is 1.30. The lowest BCUT2D eigenvalue weighted by atomic mass is 10.2. The van der Waals surface area contributed by atoms with Crippen LogP contribution in [0.3, 0.4) is 0 Å². The van der Waals surface area contributed by atoms with Crippen molar-refractivity contribution >= 4 is 0 Å². The van der Waals surface area contributed by atoms with Gasteiger partial charge in [0.2, 0.25) is 0 Å². The first-order valence-corrected chi connectivity index (χ1v) is 7.97. The van der Waals surface area contributed by atoms with Crippen molar-refractivity contribution < 1.29 is 19.6 Å². The Bertz CT molecular complexity index is 500. The summed E-state index contributed by atoms with van der Waals surface area (Å²) in [5.74, 6) is 1.46. The zero-order chi connectivity index (χ0) is 18.1. The van der Waals surface area contributed by atoms with Crippen molar-refractivity contribution in [2.45, 2.75) is 52.7 Å². The molecule has 4 nitrogen and oxygen atoms in total. The Morgan fingerprint density at radius 2 is 0.792 bits per heavy atom. The second kappa shape index (κ2) is 9.30. The summed E-state index contributed by atoms with van der Waals surface area (Å²) in [5, 5.41) is 0. The van der Waals surface area contributed by atoms with Crippen LogP contribution in [0.5, 0.6) is 11.5 Å². The first kappa shape index (κ1) is 20.0. The highest BCUT2D eigenvalue weighted by atomic mass is 17.2. The van der Waals surface area contributed by atoms with Crippen LogP contribution in [0.4, 0.5) is 0 Å². The van der Waals surface area contributed by atoms with Crippen LogP contribution in [-0.2, 0) is 9.78 Å². The molecule has 132 valence electrons. The molecule has 2 aromatic rings. The molecule has 0 aliphatic rings. The van der Waals surface area contributed by atoms with E-state index in [-0.39, 0.29) is 11.2 Å². The first-order valence-electron chi connectivity index (χ1n) is 7.97. The lowest BCUT2D eigenvalue weighted by Gasteiger charge is -2.17. The quantitative estimate of drug-likeness (QED) is 0.540. The molecule has 0 spiro atoms. The third-order valence-electron chi connectivity index (χ3n) is 2.26. The molecule has 0 unspecified atom stereocenters. The highest BCUT2D eigenvalue weighted by molar-refractivity contribution is 5.20. The molecule has 0 aliphatic carbocycles. The molecular weight excluding hydrogens is 304 g/mol. The standard InChI is InChI=1S/2C10H14O2/c2*1-10(2,3)12-11-9-7-5-4-6-8-9/h2*4-8H,1-3H3. The monoisotopic (exact) mass is 332 g/mol. The predicted octanol–water partition coefficient (Wildman–Crippen LogP) is 5.59. The van der Waals surface area contributed by atoms with Crippen LogP contribution in [0.25, 0.3) is 0 Å². The van der Waals surface area contributed by atoms with Gasteiger partial charge < -0.3 is 9.78 Å². The normalized spacial score (nSPS) is 11.2. The SMILES string of the molecule is CC(C)(C)OOc1ccccc1.CC(C)(C)OOc1ccccc1. The third kappa shape index (κ3) is 10.6. The number of benzene rings is 2. The Morgan fingerprint density at radius 1 is 0.500 bits per heavy atom. The van der Waals surface area contributed by atoms with Gasteiger partial charge in [-0.25, -0.2) is 0 Å². The molecule has 0 bridgehead atoms. The molecule has 0 aliphatic heterocycles. The van der Waals surface area contributed by atoms with E-state index >= 15 is 0 Å². The molecule has 0 saturated heterocycles. The van der Waals surface area contributed by atoms with E-state index in [1.165, 1.54) is 0 Å². The van der Waals surface area contributed by atoms with Crippen molar-refractivity contribution in [1.82, 2.24) is 0 Å². The largest absolute Gasteiger partial charge is 0.337 e. The van der Waals surface area contributed by atoms with Crippen molar-refractivity contribution in [2.24, 2.45) is 0 Å². The number of hydrogen-bond acceptors (Lipinski definition) is 4. The summed E-state index contributed by atoms with van der Waals surface area (Å²) in [7, 11) is 0. The highest BCUT2D eigenvalue weighted by Crippen LogP contribution is 2.14. The van der Waals surface area contributed by atoms with E-state index in [2.05, 4.69) is 0 Å². The summed E-state index contributed by atoms with van der Waals surface area (Å²) in [4.78, 5) is 20.4. The van der Waals surface area contributed by atoms with Gasteiger partial charge in [-0.3, -0.25) is 0 Å². The lowest BCUT2D eigenvalue weighted by molar-refractivity contribution is -0.274. The van der Waals surface area contributed by atoms with Gasteiger partial charge in [-0.15, -0.1) is 0 Å². The summed E-state index contributed by atoms with van der Waals surface area (Å²) in [6, 6.07) is 18.9. The molecule has 2 rings (SSSR count). The fraction of sp³-hybridized carbons (Fsp3) is 0.400. The van der Waals surface area contributed by atoms with Gasteiger partial charge in [0, 0.05) is 0 Å². The molecule has 0 aromatic heterocycles. The second-order valence-electron chi connectivity index (χ2n) is 7.18. The van der Waals surface area contributed by atoms with E-state index in [0.717, 1.165) is 11.5 Å². The van der Waals surface area contributed by atoms with Crippen LogP contribution in [0.2, 0.25) is 0 Å². The van der Waals surface area contributed by atoms with Gasteiger partial charge in [-0.1, -0.05) is 36.4 Å². The minimum atomic E-state index is -0.268. The van der Waals surface area contributed by atoms with E-state index in [1.807, 2.05) is 102 Å². The molecule has 0 amide bonds. The Balaban J connectivity index is 0.000000240. The molecule has 24 heavy (non-hydrogen) atoms. The van der Waals surface area contributed by atoms with Crippen LogP contribution in [0.15, 0.2) is 60.7 Å². The minimum Gasteiger partial charge on any atom is -0.337 e. The Morgan fingerprint density at radius 3 is 1.04 bits per heavy atom. The summed E-state index contributed by atoms with van der Waals surface area (Å²) in [5.41, 5.74) is -0.536. The van der Waals surface area contributed by atoms with Gasteiger partial charge in [0.1, 0.15) is 11.2 Å². The average Bonchev–Trinajstić information content (AvgIpc) is 2.52. The van der Waals surface area contributed by atoms with Gasteiger partial charge in [0.05, 0.1) is 0 Å². The maximum absolute atomic E-state index is 5.12. The van der Waals surface area contributed by atoms with Crippen LogP contribution < -0.4 is 9.78 Å². The van der Waals surface area contributed by atoms with E-state index in [1.54, 1.807) is 0 Å². The molecule has 0 saturated carbocycles. The van der Waals surface area contributed by atoms with Crippen molar-refractivity contribution in [3.05, 3.63) is 60.7 Å². The molecule has 0 N–H and O–H groups in total. The number of hydrogen-bond donors (Lipinski definition) is 0. The van der Waals surface area contributed by atoms with Crippen LogP contribution in [0.1, 0.15) is 41.5 Å². The topological polar surface area (TPSA) is 36.9 Å². The van der Waals surface area contributed by atoms with Gasteiger partial charge in [0.25, 0.3) is 0 Å². The van der Waals surface area contributed by atoms with Gasteiger partial charge in [-0.2, -0.15) is 9.78 Å². The molecule has 0 atom stereocenters. The van der Waals surface area contributed by atoms with Gasteiger partial charge in [0.15, 0.2) is 11.5 Å². The van der Waals surface area contributed by atoms with E-state index in [9.17, 15) is 0 Å². The van der Waals surface area contributed by atoms with Crippen LogP contribution in [-0.4, -0.2) is 11.2 Å². The first-order chi connectivity index (χ1) is 11.2. The van der Waals surface area contributed by atoms with Crippen LogP contribution in [0, 0.1) is 0 Å². The van der Waals surface area contributed by atoms with E-state index in [4.69, 9.17) is 19.6 Å². The summed E-state index contributed by atoms with van der Waals surface area (Å²) in [6.07, 6.45) is 0. The summed E-state index contributed by atoms with van der Waals surface area (Å²) < 4.78 is 0. The highest BCUT2D eigenvalue weighted by Gasteiger charge is 2.12. The van der Waals surface area contributed by atoms with E-state index in [0.29, 0.717) is 0 Å². The molecule has 2 aromatic carbocycles. The van der Waals surface area contributed by atoms with Crippen molar-refractivity contribution in [3.63, 3.8) is 0 Å². The summed E-state index contributed by atoms with van der Waals surface area (Å²) >= 11 is 0. The maximum Gasteiger partial charge on any atom is 0.165 e. The maximum atomic E-state index is 5.12. The fourth-order valence-electron chi connectivity index (χ4n) is 1.30. The van der Waals surface area contributed by atoms with Crippen LogP contribution >= 0.6 is 0 Å². The smallest absolute Gasteiger partial charge is 0.165 e. The van der Waals surface area contributed by atoms with E-state index < -0.39 is 0 Å². The van der Waals surface area contributed by atoms with Crippen molar-refractivity contribution in [2.75, 3.05) is 0 Å². The molecule has 0 heterocycles. The number of para-hydroxylation sites is 2. The summed E-state index contributed by atoms with van der Waals surface area (Å²) in [6.45, 7) is 11.6. The predicted molar refractivity (Wildman–Crippen MR) is 95.8 cm³/mol. The molecular formula is C20H28O4. The van der Waals surface area contributed by atoms with Crippen molar-refractivity contribution in [1.29, 1.82) is 0 Å². The Labute approximate surface area is 145 Å². The third-order valence-corrected chi connectivity index (χ3v) is 2.26.